The molecule has 0 aliphatic carbocycles. The van der Waals surface area contributed by atoms with E-state index in [0.717, 1.165) is 23.2 Å². The number of anilines is 1. The minimum atomic E-state index is 0.0212. The van der Waals surface area contributed by atoms with E-state index < -0.39 is 0 Å². The van der Waals surface area contributed by atoms with E-state index >= 15 is 0 Å². The van der Waals surface area contributed by atoms with Crippen molar-refractivity contribution in [2.24, 2.45) is 5.84 Å². The molecule has 0 unspecified atom stereocenters. The molecule has 1 rings (SSSR count). The number of hydrogen-bond donors (Lipinski definition) is 3. The maximum atomic E-state index is 8.97. The molecule has 1 aromatic carbocycles. The fraction of sp³-hybridized carbons (Fsp3) is 0.333. The fourth-order valence-corrected chi connectivity index (χ4v) is 1.27. The Hall–Kier alpha value is -1.06. The molecule has 0 saturated heterocycles. The second-order valence-corrected chi connectivity index (χ2v) is 2.61. The Morgan fingerprint density at radius 3 is 2.58 bits per heavy atom. The number of rotatable bonds is 3. The van der Waals surface area contributed by atoms with E-state index in [9.17, 15) is 0 Å². The highest BCUT2D eigenvalue weighted by atomic mass is 16.3. The minimum Gasteiger partial charge on any atom is -0.392 e. The molecule has 0 bridgehead atoms. The first-order valence-corrected chi connectivity index (χ1v) is 4.01. The first kappa shape index (κ1) is 9.03. The van der Waals surface area contributed by atoms with E-state index in [1.54, 1.807) is 0 Å². The molecule has 0 saturated carbocycles. The number of aliphatic hydroxyl groups excluding tert-OH is 1. The summed E-state index contributed by atoms with van der Waals surface area (Å²) in [5.74, 6) is 5.34. The van der Waals surface area contributed by atoms with Crippen LogP contribution in [0.25, 0.3) is 0 Å². The Morgan fingerprint density at radius 2 is 2.08 bits per heavy atom. The Morgan fingerprint density at radius 1 is 1.42 bits per heavy atom. The molecule has 0 spiro atoms. The zero-order valence-corrected chi connectivity index (χ0v) is 7.17. The largest absolute Gasteiger partial charge is 0.392 e. The van der Waals surface area contributed by atoms with Crippen molar-refractivity contribution in [3.8, 4) is 0 Å². The Labute approximate surface area is 72.2 Å². The molecule has 0 aliphatic heterocycles. The highest BCUT2D eigenvalue weighted by Gasteiger charge is 2.03. The number of hydrogen-bond acceptors (Lipinski definition) is 3. The zero-order chi connectivity index (χ0) is 8.97. The van der Waals surface area contributed by atoms with Crippen LogP contribution in [0.3, 0.4) is 0 Å². The average Bonchev–Trinajstić information content (AvgIpc) is 2.16. The van der Waals surface area contributed by atoms with Gasteiger partial charge in [0, 0.05) is 5.56 Å². The summed E-state index contributed by atoms with van der Waals surface area (Å²) in [6, 6.07) is 5.77. The zero-order valence-electron chi connectivity index (χ0n) is 7.17. The number of nitrogens with one attached hydrogen (secondary N) is 1. The number of para-hydroxylation sites is 1. The van der Waals surface area contributed by atoms with Crippen molar-refractivity contribution < 1.29 is 5.11 Å². The summed E-state index contributed by atoms with van der Waals surface area (Å²) in [6.07, 6.45) is 0.910. The molecule has 66 valence electrons. The fourth-order valence-electron chi connectivity index (χ4n) is 1.27. The SMILES string of the molecule is CCc1cccc(CO)c1NN. The second kappa shape index (κ2) is 4.09. The van der Waals surface area contributed by atoms with Crippen LogP contribution in [0.2, 0.25) is 0 Å². The van der Waals surface area contributed by atoms with Crippen LogP contribution >= 0.6 is 0 Å². The molecule has 0 aromatic heterocycles. The molecule has 3 heteroatoms. The van der Waals surface area contributed by atoms with Crippen molar-refractivity contribution in [3.05, 3.63) is 29.3 Å². The van der Waals surface area contributed by atoms with Crippen LogP contribution in [0, 0.1) is 0 Å². The molecular weight excluding hydrogens is 152 g/mol. The number of aliphatic hydroxyl groups is 1. The summed E-state index contributed by atoms with van der Waals surface area (Å²) in [5.41, 5.74) is 5.43. The lowest BCUT2D eigenvalue weighted by atomic mass is 10.1. The molecule has 12 heavy (non-hydrogen) atoms. The Bertz CT molecular complexity index is 238. The van der Waals surface area contributed by atoms with Crippen LogP contribution in [0.1, 0.15) is 18.1 Å². The number of aryl methyl sites for hydroxylation is 1. The molecular formula is C9H14N2O. The average molecular weight is 166 g/mol. The van der Waals surface area contributed by atoms with Crippen LogP contribution in [0.5, 0.6) is 0 Å². The normalized spacial score (nSPS) is 9.92. The summed E-state index contributed by atoms with van der Waals surface area (Å²) in [4.78, 5) is 0. The predicted octanol–water partition coefficient (Wildman–Crippen LogP) is 1.03. The molecule has 3 nitrogen and oxygen atoms in total. The van der Waals surface area contributed by atoms with Gasteiger partial charge in [-0.05, 0) is 12.0 Å². The van der Waals surface area contributed by atoms with E-state index in [1.165, 1.54) is 0 Å². The molecule has 0 heterocycles. The maximum absolute atomic E-state index is 8.97. The second-order valence-electron chi connectivity index (χ2n) is 2.61. The van der Waals surface area contributed by atoms with Gasteiger partial charge >= 0.3 is 0 Å². The number of benzene rings is 1. The third-order valence-electron chi connectivity index (χ3n) is 1.93. The van der Waals surface area contributed by atoms with Gasteiger partial charge in [-0.15, -0.1) is 0 Å². The molecule has 0 atom stereocenters. The van der Waals surface area contributed by atoms with Gasteiger partial charge < -0.3 is 10.5 Å². The Balaban J connectivity index is 3.13. The smallest absolute Gasteiger partial charge is 0.0702 e. The van der Waals surface area contributed by atoms with E-state index in [1.807, 2.05) is 18.2 Å². The Kier molecular flexibility index (Phi) is 3.08. The van der Waals surface area contributed by atoms with E-state index in [4.69, 9.17) is 10.9 Å². The van der Waals surface area contributed by atoms with Gasteiger partial charge in [-0.25, -0.2) is 0 Å². The summed E-state index contributed by atoms with van der Waals surface area (Å²) >= 11 is 0. The lowest BCUT2D eigenvalue weighted by Gasteiger charge is -2.10. The number of hydrazine groups is 1. The molecule has 4 N–H and O–H groups in total. The van der Waals surface area contributed by atoms with Crippen molar-refractivity contribution in [3.63, 3.8) is 0 Å². The van der Waals surface area contributed by atoms with Gasteiger partial charge in [-0.2, -0.15) is 0 Å². The van der Waals surface area contributed by atoms with Crippen molar-refractivity contribution in [2.45, 2.75) is 20.0 Å². The van der Waals surface area contributed by atoms with Crippen LogP contribution in [-0.4, -0.2) is 5.11 Å². The van der Waals surface area contributed by atoms with Gasteiger partial charge in [0.15, 0.2) is 0 Å². The van der Waals surface area contributed by atoms with Crippen LogP contribution in [0.4, 0.5) is 5.69 Å². The molecule has 0 amide bonds. The third-order valence-corrected chi connectivity index (χ3v) is 1.93. The summed E-state index contributed by atoms with van der Waals surface area (Å²) in [6.45, 7) is 2.07. The lowest BCUT2D eigenvalue weighted by Crippen LogP contribution is -2.11. The first-order chi connectivity index (χ1) is 5.83. The van der Waals surface area contributed by atoms with Gasteiger partial charge in [0.2, 0.25) is 0 Å². The predicted molar refractivity (Wildman–Crippen MR) is 49.6 cm³/mol. The molecule has 1 aromatic rings. The highest BCUT2D eigenvalue weighted by molar-refractivity contribution is 5.56. The molecule has 0 aliphatic rings. The standard InChI is InChI=1S/C9H14N2O/c1-2-7-4-3-5-8(6-12)9(7)11-10/h3-5,11-12H,2,6,10H2,1H3. The summed E-state index contributed by atoms with van der Waals surface area (Å²) < 4.78 is 0. The topological polar surface area (TPSA) is 58.3 Å². The van der Waals surface area contributed by atoms with E-state index in [0.29, 0.717) is 0 Å². The summed E-state index contributed by atoms with van der Waals surface area (Å²) in [5, 5.41) is 8.97. The van der Waals surface area contributed by atoms with Crippen molar-refractivity contribution >= 4 is 5.69 Å². The maximum Gasteiger partial charge on any atom is 0.0702 e. The van der Waals surface area contributed by atoms with Crippen LogP contribution in [-0.2, 0) is 13.0 Å². The van der Waals surface area contributed by atoms with Gasteiger partial charge in [0.05, 0.1) is 12.3 Å². The molecule has 0 radical (unpaired) electrons. The van der Waals surface area contributed by atoms with E-state index in [2.05, 4.69) is 12.3 Å². The van der Waals surface area contributed by atoms with Crippen molar-refractivity contribution in [2.75, 3.05) is 5.43 Å². The third kappa shape index (κ3) is 1.57. The van der Waals surface area contributed by atoms with Gasteiger partial charge in [-0.1, -0.05) is 25.1 Å². The lowest BCUT2D eigenvalue weighted by molar-refractivity contribution is 0.282. The van der Waals surface area contributed by atoms with Gasteiger partial charge in [0.25, 0.3) is 0 Å². The molecule has 0 fully saturated rings. The van der Waals surface area contributed by atoms with E-state index in [-0.39, 0.29) is 6.61 Å². The first-order valence-electron chi connectivity index (χ1n) is 4.01. The summed E-state index contributed by atoms with van der Waals surface area (Å²) in [7, 11) is 0. The monoisotopic (exact) mass is 166 g/mol. The van der Waals surface area contributed by atoms with Gasteiger partial charge in [0.1, 0.15) is 0 Å². The van der Waals surface area contributed by atoms with Crippen LogP contribution in [0.15, 0.2) is 18.2 Å². The highest BCUT2D eigenvalue weighted by Crippen LogP contribution is 2.20. The minimum absolute atomic E-state index is 0.0212. The number of nitrogens with two attached hydrogens (primary N) is 1. The van der Waals surface area contributed by atoms with Gasteiger partial charge in [-0.3, -0.25) is 5.84 Å². The van der Waals surface area contributed by atoms with Crippen molar-refractivity contribution in [1.82, 2.24) is 0 Å². The number of nitrogen functional groups attached to an aromatic ring is 1. The van der Waals surface area contributed by atoms with Crippen LogP contribution < -0.4 is 11.3 Å². The quantitative estimate of drug-likeness (QED) is 0.464. The van der Waals surface area contributed by atoms with Crippen molar-refractivity contribution in [1.29, 1.82) is 0 Å².